The molecule has 0 radical (unpaired) electrons. The molecular formula is C18H15N3O2. The Morgan fingerprint density at radius 1 is 1.00 bits per heavy atom. The summed E-state index contributed by atoms with van der Waals surface area (Å²) in [6, 6.07) is 15.5. The van der Waals surface area contributed by atoms with Gasteiger partial charge in [0.1, 0.15) is 0 Å². The summed E-state index contributed by atoms with van der Waals surface area (Å²) >= 11 is 0. The summed E-state index contributed by atoms with van der Waals surface area (Å²) in [5.41, 5.74) is 2.25. The number of anilines is 2. The van der Waals surface area contributed by atoms with Crippen molar-refractivity contribution in [1.29, 1.82) is 5.26 Å². The zero-order valence-electron chi connectivity index (χ0n) is 12.4. The van der Waals surface area contributed by atoms with Crippen molar-refractivity contribution < 1.29 is 9.59 Å². The van der Waals surface area contributed by atoms with Gasteiger partial charge < -0.3 is 10.6 Å². The van der Waals surface area contributed by atoms with E-state index in [-0.39, 0.29) is 17.7 Å². The van der Waals surface area contributed by atoms with E-state index >= 15 is 0 Å². The van der Waals surface area contributed by atoms with Crippen LogP contribution in [0.1, 0.15) is 28.8 Å². The van der Waals surface area contributed by atoms with Gasteiger partial charge in [0.05, 0.1) is 11.6 Å². The van der Waals surface area contributed by atoms with Crippen LogP contribution in [-0.2, 0) is 4.79 Å². The van der Waals surface area contributed by atoms with Gasteiger partial charge in [-0.3, -0.25) is 9.59 Å². The molecule has 2 N–H and O–H groups in total. The van der Waals surface area contributed by atoms with Gasteiger partial charge in [0.2, 0.25) is 5.91 Å². The Bertz CT molecular complexity index is 787. The van der Waals surface area contributed by atoms with E-state index in [1.54, 1.807) is 48.5 Å². The van der Waals surface area contributed by atoms with Crippen LogP contribution in [0.15, 0.2) is 48.5 Å². The fraction of sp³-hybridized carbons (Fsp3) is 0.167. The van der Waals surface area contributed by atoms with Crippen molar-refractivity contribution in [2.75, 3.05) is 10.6 Å². The molecule has 0 spiro atoms. The van der Waals surface area contributed by atoms with Crippen molar-refractivity contribution in [2.45, 2.75) is 12.8 Å². The maximum atomic E-state index is 12.2. The molecule has 5 heteroatoms. The van der Waals surface area contributed by atoms with Crippen molar-refractivity contribution in [1.82, 2.24) is 0 Å². The number of carbonyl (C=O) groups is 2. The fourth-order valence-electron chi connectivity index (χ4n) is 2.16. The number of rotatable bonds is 4. The van der Waals surface area contributed by atoms with E-state index in [0.717, 1.165) is 12.8 Å². The molecule has 0 unspecified atom stereocenters. The predicted molar refractivity (Wildman–Crippen MR) is 86.9 cm³/mol. The minimum Gasteiger partial charge on any atom is -0.326 e. The molecule has 2 amide bonds. The molecule has 1 fully saturated rings. The molecule has 0 bridgehead atoms. The van der Waals surface area contributed by atoms with Gasteiger partial charge in [0.25, 0.3) is 5.91 Å². The predicted octanol–water partition coefficient (Wildman–Crippen LogP) is 3.16. The van der Waals surface area contributed by atoms with E-state index in [0.29, 0.717) is 22.5 Å². The van der Waals surface area contributed by atoms with E-state index in [1.165, 1.54) is 0 Å². The van der Waals surface area contributed by atoms with Crippen LogP contribution in [0.25, 0.3) is 0 Å². The summed E-state index contributed by atoms with van der Waals surface area (Å²) in [6.07, 6.45) is 1.89. The van der Waals surface area contributed by atoms with Gasteiger partial charge in [-0.2, -0.15) is 5.26 Å². The summed E-state index contributed by atoms with van der Waals surface area (Å²) in [6.45, 7) is 0. The molecule has 3 rings (SSSR count). The molecule has 1 aliphatic carbocycles. The molecule has 5 nitrogen and oxygen atoms in total. The summed E-state index contributed by atoms with van der Waals surface area (Å²) < 4.78 is 0. The van der Waals surface area contributed by atoms with Crippen LogP contribution >= 0.6 is 0 Å². The number of nitrogens with one attached hydrogen (secondary N) is 2. The Hall–Kier alpha value is -3.13. The van der Waals surface area contributed by atoms with Gasteiger partial charge in [-0.1, -0.05) is 6.07 Å². The van der Waals surface area contributed by atoms with Gasteiger partial charge in [-0.25, -0.2) is 0 Å². The Morgan fingerprint density at radius 2 is 1.65 bits per heavy atom. The molecule has 23 heavy (non-hydrogen) atoms. The average molecular weight is 305 g/mol. The number of amides is 2. The Morgan fingerprint density at radius 3 is 2.26 bits per heavy atom. The van der Waals surface area contributed by atoms with Crippen LogP contribution in [0, 0.1) is 17.2 Å². The normalized spacial score (nSPS) is 13.0. The van der Waals surface area contributed by atoms with Gasteiger partial charge in [-0.15, -0.1) is 0 Å². The summed E-state index contributed by atoms with van der Waals surface area (Å²) in [5, 5.41) is 14.4. The molecule has 1 saturated carbocycles. The highest BCUT2D eigenvalue weighted by atomic mass is 16.2. The third-order valence-corrected chi connectivity index (χ3v) is 3.61. The molecule has 0 aliphatic heterocycles. The summed E-state index contributed by atoms with van der Waals surface area (Å²) in [4.78, 5) is 23.9. The minimum absolute atomic E-state index is 0.0283. The first kappa shape index (κ1) is 14.8. The first-order valence-electron chi connectivity index (χ1n) is 7.38. The van der Waals surface area contributed by atoms with Crippen molar-refractivity contribution in [2.24, 2.45) is 5.92 Å². The van der Waals surface area contributed by atoms with Gasteiger partial charge in [0, 0.05) is 22.9 Å². The molecule has 2 aromatic rings. The lowest BCUT2D eigenvalue weighted by Gasteiger charge is -2.08. The number of hydrogen-bond acceptors (Lipinski definition) is 3. The zero-order chi connectivity index (χ0) is 16.2. The maximum Gasteiger partial charge on any atom is 0.255 e. The van der Waals surface area contributed by atoms with Crippen LogP contribution in [0.4, 0.5) is 11.4 Å². The fourth-order valence-corrected chi connectivity index (χ4v) is 2.16. The van der Waals surface area contributed by atoms with Crippen LogP contribution in [0.2, 0.25) is 0 Å². The summed E-state index contributed by atoms with van der Waals surface area (Å²) in [5.74, 6) is -0.104. The number of nitrogens with zero attached hydrogens (tertiary/aromatic N) is 1. The van der Waals surface area contributed by atoms with Gasteiger partial charge >= 0.3 is 0 Å². The van der Waals surface area contributed by atoms with Crippen LogP contribution < -0.4 is 10.6 Å². The lowest BCUT2D eigenvalue weighted by Crippen LogP contribution is -2.14. The zero-order valence-corrected chi connectivity index (χ0v) is 12.4. The largest absolute Gasteiger partial charge is 0.326 e. The maximum absolute atomic E-state index is 12.2. The third kappa shape index (κ3) is 3.74. The highest BCUT2D eigenvalue weighted by molar-refractivity contribution is 6.04. The molecular weight excluding hydrogens is 290 g/mol. The first-order valence-corrected chi connectivity index (χ1v) is 7.38. The van der Waals surface area contributed by atoms with E-state index in [1.807, 2.05) is 6.07 Å². The lowest BCUT2D eigenvalue weighted by molar-refractivity contribution is -0.117. The molecule has 0 aromatic heterocycles. The molecule has 114 valence electrons. The van der Waals surface area contributed by atoms with Crippen LogP contribution in [0.3, 0.4) is 0 Å². The van der Waals surface area contributed by atoms with Crippen LogP contribution in [0.5, 0.6) is 0 Å². The Labute approximate surface area is 133 Å². The molecule has 0 heterocycles. The quantitative estimate of drug-likeness (QED) is 0.910. The van der Waals surface area contributed by atoms with Gasteiger partial charge in [0.15, 0.2) is 0 Å². The first-order chi connectivity index (χ1) is 11.2. The molecule has 2 aromatic carbocycles. The average Bonchev–Trinajstić information content (AvgIpc) is 3.40. The second-order valence-electron chi connectivity index (χ2n) is 5.49. The van der Waals surface area contributed by atoms with E-state index in [4.69, 9.17) is 5.26 Å². The second kappa shape index (κ2) is 6.32. The molecule has 1 aliphatic rings. The van der Waals surface area contributed by atoms with Crippen molar-refractivity contribution in [3.8, 4) is 6.07 Å². The highest BCUT2D eigenvalue weighted by Crippen LogP contribution is 2.30. The second-order valence-corrected chi connectivity index (χ2v) is 5.49. The van der Waals surface area contributed by atoms with Crippen LogP contribution in [-0.4, -0.2) is 11.8 Å². The van der Waals surface area contributed by atoms with E-state index in [9.17, 15) is 9.59 Å². The minimum atomic E-state index is -0.264. The van der Waals surface area contributed by atoms with E-state index < -0.39 is 0 Å². The van der Waals surface area contributed by atoms with Gasteiger partial charge in [-0.05, 0) is 55.3 Å². The number of hydrogen-bond donors (Lipinski definition) is 2. The number of nitriles is 1. The van der Waals surface area contributed by atoms with Crippen molar-refractivity contribution in [3.63, 3.8) is 0 Å². The third-order valence-electron chi connectivity index (χ3n) is 3.61. The highest BCUT2D eigenvalue weighted by Gasteiger charge is 2.29. The standard InChI is InChI=1S/C18H15N3O2/c19-11-12-4-6-13(7-5-12)17(22)20-15-2-1-3-16(10-15)21-18(23)14-8-9-14/h1-7,10,14H,8-9H2,(H,20,22)(H,21,23). The van der Waals surface area contributed by atoms with Crippen molar-refractivity contribution >= 4 is 23.2 Å². The number of carbonyl (C=O) groups excluding carboxylic acids is 2. The van der Waals surface area contributed by atoms with E-state index in [2.05, 4.69) is 10.6 Å². The SMILES string of the molecule is N#Cc1ccc(C(=O)Nc2cccc(NC(=O)C3CC3)c2)cc1. The summed E-state index contributed by atoms with van der Waals surface area (Å²) in [7, 11) is 0. The Balaban J connectivity index is 1.67. The monoisotopic (exact) mass is 305 g/mol. The topological polar surface area (TPSA) is 82.0 Å². The Kier molecular flexibility index (Phi) is 4.07. The van der Waals surface area contributed by atoms with Crippen molar-refractivity contribution in [3.05, 3.63) is 59.7 Å². The molecule has 0 saturated heterocycles. The number of benzene rings is 2. The lowest BCUT2D eigenvalue weighted by atomic mass is 10.1. The smallest absolute Gasteiger partial charge is 0.255 e. The molecule has 0 atom stereocenters.